The predicted octanol–water partition coefficient (Wildman–Crippen LogP) is -0.933. The minimum absolute atomic E-state index is 0. The van der Waals surface area contributed by atoms with E-state index in [1.54, 1.807) is 0 Å². The molecule has 0 aliphatic carbocycles. The number of hydrogen-bond acceptors (Lipinski definition) is 0. The molecule has 0 aliphatic rings. The van der Waals surface area contributed by atoms with Gasteiger partial charge in [0.1, 0.15) is 0 Å². The van der Waals surface area contributed by atoms with E-state index in [1.165, 1.54) is 5.56 Å². The summed E-state index contributed by atoms with van der Waals surface area (Å²) in [5.74, 6) is 0. The molecular weight excluding hydrogens is 119 g/mol. The standard InChI is InChI=1S/C8H9.Na/c1-2-8-6-4-3-5-7-8;/h3-7H,1-2H2;/q-1;+1. The zero-order chi connectivity index (χ0) is 5.82. The Kier molecular flexibility index (Phi) is 5.16. The molecule has 0 unspecified atom stereocenters. The first-order valence-electron chi connectivity index (χ1n) is 2.76. The summed E-state index contributed by atoms with van der Waals surface area (Å²) in [4.78, 5) is 0. The van der Waals surface area contributed by atoms with Crippen LogP contribution in [0, 0.1) is 6.92 Å². The third kappa shape index (κ3) is 3.04. The van der Waals surface area contributed by atoms with Gasteiger partial charge in [-0.15, -0.1) is 0 Å². The molecule has 0 aliphatic heterocycles. The molecule has 1 aromatic carbocycles. The summed E-state index contributed by atoms with van der Waals surface area (Å²) in [6.45, 7) is 3.76. The van der Waals surface area contributed by atoms with E-state index < -0.39 is 0 Å². The summed E-state index contributed by atoms with van der Waals surface area (Å²) in [7, 11) is 0. The van der Waals surface area contributed by atoms with E-state index in [9.17, 15) is 0 Å². The Morgan fingerprint density at radius 3 is 2.00 bits per heavy atom. The second-order valence-corrected chi connectivity index (χ2v) is 1.74. The second kappa shape index (κ2) is 5.04. The summed E-state index contributed by atoms with van der Waals surface area (Å²) >= 11 is 0. The molecule has 9 heavy (non-hydrogen) atoms. The van der Waals surface area contributed by atoms with Crippen LogP contribution < -0.4 is 29.6 Å². The quantitative estimate of drug-likeness (QED) is 0.338. The van der Waals surface area contributed by atoms with Crippen molar-refractivity contribution in [3.05, 3.63) is 42.8 Å². The van der Waals surface area contributed by atoms with Crippen LogP contribution in [0.25, 0.3) is 0 Å². The van der Waals surface area contributed by atoms with Gasteiger partial charge in [0, 0.05) is 0 Å². The minimum atomic E-state index is 0. The Labute approximate surface area is 78.6 Å². The Morgan fingerprint density at radius 2 is 1.67 bits per heavy atom. The van der Waals surface area contributed by atoms with Gasteiger partial charge in [-0.05, 0) is 0 Å². The molecule has 0 saturated carbocycles. The van der Waals surface area contributed by atoms with Gasteiger partial charge < -0.3 is 6.92 Å². The molecule has 0 amide bonds. The molecule has 0 saturated heterocycles. The maximum absolute atomic E-state index is 3.76. The van der Waals surface area contributed by atoms with Crippen LogP contribution in [0.3, 0.4) is 0 Å². The zero-order valence-electron chi connectivity index (χ0n) is 5.80. The predicted molar refractivity (Wildman–Crippen MR) is 35.5 cm³/mol. The molecule has 0 fully saturated rings. The van der Waals surface area contributed by atoms with Crippen molar-refractivity contribution in [3.63, 3.8) is 0 Å². The summed E-state index contributed by atoms with van der Waals surface area (Å²) in [6.07, 6.45) is 0.890. The van der Waals surface area contributed by atoms with Crippen molar-refractivity contribution in [2.45, 2.75) is 6.42 Å². The fourth-order valence-corrected chi connectivity index (χ4v) is 0.645. The molecule has 0 radical (unpaired) electrons. The van der Waals surface area contributed by atoms with Gasteiger partial charge in [-0.25, -0.2) is 0 Å². The number of rotatable bonds is 1. The minimum Gasteiger partial charge on any atom is -0.339 e. The van der Waals surface area contributed by atoms with Crippen molar-refractivity contribution in [2.24, 2.45) is 0 Å². The Morgan fingerprint density at radius 1 is 1.11 bits per heavy atom. The smallest absolute Gasteiger partial charge is 0.339 e. The SMILES string of the molecule is [CH2-]Cc1ccccc1.[Na+]. The molecule has 0 N–H and O–H groups in total. The van der Waals surface area contributed by atoms with Crippen LogP contribution >= 0.6 is 0 Å². The van der Waals surface area contributed by atoms with Crippen molar-refractivity contribution in [3.8, 4) is 0 Å². The summed E-state index contributed by atoms with van der Waals surface area (Å²) in [6, 6.07) is 10.2. The molecule has 0 heterocycles. The molecular formula is C8H9Na. The molecule has 0 bridgehead atoms. The molecule has 0 aromatic heterocycles. The van der Waals surface area contributed by atoms with E-state index in [2.05, 4.69) is 19.1 Å². The first-order valence-corrected chi connectivity index (χ1v) is 2.76. The van der Waals surface area contributed by atoms with Gasteiger partial charge in [0.2, 0.25) is 0 Å². The van der Waals surface area contributed by atoms with Gasteiger partial charge >= 0.3 is 29.6 Å². The maximum Gasteiger partial charge on any atom is 1.00 e. The summed E-state index contributed by atoms with van der Waals surface area (Å²) in [5.41, 5.74) is 1.30. The van der Waals surface area contributed by atoms with E-state index in [0.29, 0.717) is 0 Å². The second-order valence-electron chi connectivity index (χ2n) is 1.74. The molecule has 0 spiro atoms. The molecule has 1 rings (SSSR count). The fourth-order valence-electron chi connectivity index (χ4n) is 0.645. The maximum atomic E-state index is 3.76. The van der Waals surface area contributed by atoms with Gasteiger partial charge in [0.25, 0.3) is 0 Å². The van der Waals surface area contributed by atoms with Crippen molar-refractivity contribution >= 4 is 0 Å². The van der Waals surface area contributed by atoms with Crippen molar-refractivity contribution in [1.29, 1.82) is 0 Å². The van der Waals surface area contributed by atoms with Gasteiger partial charge in [0.05, 0.1) is 0 Å². The topological polar surface area (TPSA) is 0 Å². The third-order valence-electron chi connectivity index (χ3n) is 1.13. The van der Waals surface area contributed by atoms with Crippen LogP contribution in [0.15, 0.2) is 30.3 Å². The Balaban J connectivity index is 0.000000640. The normalized spacial score (nSPS) is 8.11. The van der Waals surface area contributed by atoms with Crippen molar-refractivity contribution in [1.82, 2.24) is 0 Å². The average molecular weight is 128 g/mol. The zero-order valence-corrected chi connectivity index (χ0v) is 7.80. The summed E-state index contributed by atoms with van der Waals surface area (Å²) in [5, 5.41) is 0. The van der Waals surface area contributed by atoms with Gasteiger partial charge in [-0.2, -0.15) is 6.42 Å². The van der Waals surface area contributed by atoms with Crippen LogP contribution in [0.1, 0.15) is 5.56 Å². The van der Waals surface area contributed by atoms with Crippen LogP contribution in [0.2, 0.25) is 0 Å². The molecule has 1 heteroatoms. The van der Waals surface area contributed by atoms with E-state index in [-0.39, 0.29) is 29.6 Å². The van der Waals surface area contributed by atoms with Crippen molar-refractivity contribution in [2.75, 3.05) is 0 Å². The largest absolute Gasteiger partial charge is 1.00 e. The fraction of sp³-hybridized carbons (Fsp3) is 0.125. The van der Waals surface area contributed by atoms with E-state index in [4.69, 9.17) is 0 Å². The Hall–Kier alpha value is 0.220. The third-order valence-corrected chi connectivity index (χ3v) is 1.13. The number of benzene rings is 1. The van der Waals surface area contributed by atoms with E-state index in [0.717, 1.165) is 6.42 Å². The van der Waals surface area contributed by atoms with E-state index in [1.807, 2.05) is 18.2 Å². The van der Waals surface area contributed by atoms with Gasteiger partial charge in [-0.1, -0.05) is 35.9 Å². The first kappa shape index (κ1) is 9.22. The Bertz CT molecular complexity index is 146. The van der Waals surface area contributed by atoms with Crippen LogP contribution in [-0.2, 0) is 6.42 Å². The van der Waals surface area contributed by atoms with Crippen LogP contribution in [-0.4, -0.2) is 0 Å². The van der Waals surface area contributed by atoms with Gasteiger partial charge in [0.15, 0.2) is 0 Å². The number of hydrogen-bond donors (Lipinski definition) is 0. The molecule has 0 nitrogen and oxygen atoms in total. The molecule has 42 valence electrons. The summed E-state index contributed by atoms with van der Waals surface area (Å²) < 4.78 is 0. The van der Waals surface area contributed by atoms with Crippen LogP contribution in [0.4, 0.5) is 0 Å². The van der Waals surface area contributed by atoms with Crippen LogP contribution in [0.5, 0.6) is 0 Å². The average Bonchev–Trinajstić information content (AvgIpc) is 1.90. The van der Waals surface area contributed by atoms with Crippen molar-refractivity contribution < 1.29 is 29.6 Å². The van der Waals surface area contributed by atoms with Gasteiger partial charge in [-0.3, -0.25) is 0 Å². The molecule has 1 aromatic rings. The monoisotopic (exact) mass is 128 g/mol. The first-order chi connectivity index (χ1) is 3.93. The van der Waals surface area contributed by atoms with E-state index >= 15 is 0 Å². The molecule has 0 atom stereocenters.